The zero-order valence-corrected chi connectivity index (χ0v) is 10.9. The molecular formula is C10H18N2OS2. The summed E-state index contributed by atoms with van der Waals surface area (Å²) in [5, 5.41) is 2.07. The molecule has 0 aromatic carbocycles. The second-order valence-electron chi connectivity index (χ2n) is 3.20. The molecule has 0 saturated carbocycles. The van der Waals surface area contributed by atoms with Crippen molar-refractivity contribution < 1.29 is 4.74 Å². The van der Waals surface area contributed by atoms with Gasteiger partial charge in [0.15, 0.2) is 0 Å². The molecule has 1 atom stereocenters. The fourth-order valence-electron chi connectivity index (χ4n) is 1.18. The molecule has 0 bridgehead atoms. The summed E-state index contributed by atoms with van der Waals surface area (Å²) < 4.78 is 6.62. The van der Waals surface area contributed by atoms with Crippen molar-refractivity contribution >= 4 is 23.1 Å². The average molecular weight is 246 g/mol. The summed E-state index contributed by atoms with van der Waals surface area (Å²) in [5.41, 5.74) is 6.69. The number of nitrogens with two attached hydrogens (primary N) is 1. The first-order valence-corrected chi connectivity index (χ1v) is 6.99. The van der Waals surface area contributed by atoms with Gasteiger partial charge in [-0.15, -0.1) is 11.3 Å². The maximum atomic E-state index is 5.60. The van der Waals surface area contributed by atoms with Crippen LogP contribution in [-0.2, 0) is 4.74 Å². The Morgan fingerprint density at radius 1 is 1.67 bits per heavy atom. The third-order valence-electron chi connectivity index (χ3n) is 1.93. The van der Waals surface area contributed by atoms with Gasteiger partial charge in [0.25, 0.3) is 0 Å². The van der Waals surface area contributed by atoms with Crippen LogP contribution in [0.5, 0.6) is 0 Å². The fourth-order valence-corrected chi connectivity index (χ4v) is 3.13. The van der Waals surface area contributed by atoms with Crippen molar-refractivity contribution in [3.8, 4) is 0 Å². The summed E-state index contributed by atoms with van der Waals surface area (Å²) in [4.78, 5) is 4.39. The van der Waals surface area contributed by atoms with Crippen LogP contribution >= 0.6 is 23.1 Å². The van der Waals surface area contributed by atoms with E-state index >= 15 is 0 Å². The third-order valence-corrected chi connectivity index (χ3v) is 4.10. The molecule has 0 aliphatic heterocycles. The Hall–Kier alpha value is -0.100. The van der Waals surface area contributed by atoms with Crippen LogP contribution in [0.25, 0.3) is 0 Å². The highest BCUT2D eigenvalue weighted by molar-refractivity contribution is 8.01. The molecule has 0 radical (unpaired) electrons. The van der Waals surface area contributed by atoms with Crippen molar-refractivity contribution in [2.24, 2.45) is 5.73 Å². The lowest BCUT2D eigenvalue weighted by Gasteiger charge is -2.13. The van der Waals surface area contributed by atoms with Crippen LogP contribution in [0.3, 0.4) is 0 Å². The molecule has 0 fully saturated rings. The molecule has 1 aromatic heterocycles. The van der Waals surface area contributed by atoms with Gasteiger partial charge in [0, 0.05) is 30.0 Å². The van der Waals surface area contributed by atoms with Gasteiger partial charge in [0.1, 0.15) is 4.34 Å². The Bertz CT molecular complexity index is 278. The minimum Gasteiger partial charge on any atom is -0.377 e. The number of hydrogen-bond acceptors (Lipinski definition) is 5. The van der Waals surface area contributed by atoms with Crippen molar-refractivity contribution in [3.05, 3.63) is 11.1 Å². The number of thioether (sulfide) groups is 1. The van der Waals surface area contributed by atoms with E-state index < -0.39 is 0 Å². The van der Waals surface area contributed by atoms with Crippen LogP contribution in [0.15, 0.2) is 9.72 Å². The van der Waals surface area contributed by atoms with Crippen LogP contribution < -0.4 is 5.73 Å². The number of aryl methyl sites for hydroxylation is 1. The van der Waals surface area contributed by atoms with Crippen molar-refractivity contribution in [2.75, 3.05) is 18.9 Å². The molecule has 1 unspecified atom stereocenters. The van der Waals surface area contributed by atoms with E-state index in [-0.39, 0.29) is 6.10 Å². The van der Waals surface area contributed by atoms with Gasteiger partial charge in [-0.05, 0) is 20.3 Å². The number of rotatable bonds is 7. The van der Waals surface area contributed by atoms with Gasteiger partial charge in [0.2, 0.25) is 0 Å². The van der Waals surface area contributed by atoms with E-state index in [1.165, 1.54) is 0 Å². The largest absolute Gasteiger partial charge is 0.377 e. The molecule has 1 heterocycles. The van der Waals surface area contributed by atoms with E-state index in [4.69, 9.17) is 10.5 Å². The SMILES string of the molecule is CCOC(CN)CCSc1nc(C)cs1. The molecule has 1 rings (SSSR count). The zero-order valence-electron chi connectivity index (χ0n) is 9.23. The molecule has 0 saturated heterocycles. The summed E-state index contributed by atoms with van der Waals surface area (Å²) in [5.74, 6) is 1.02. The predicted octanol–water partition coefficient (Wildman–Crippen LogP) is 2.30. The molecule has 86 valence electrons. The molecule has 0 aliphatic carbocycles. The van der Waals surface area contributed by atoms with E-state index in [2.05, 4.69) is 10.4 Å². The van der Waals surface area contributed by atoms with Crippen LogP contribution in [-0.4, -0.2) is 30.0 Å². The van der Waals surface area contributed by atoms with E-state index in [1.807, 2.05) is 13.8 Å². The van der Waals surface area contributed by atoms with E-state index in [1.54, 1.807) is 23.1 Å². The number of nitrogens with zero attached hydrogens (tertiary/aromatic N) is 1. The Labute approximate surface area is 99.4 Å². The van der Waals surface area contributed by atoms with Crippen LogP contribution in [0.4, 0.5) is 0 Å². The normalized spacial score (nSPS) is 13.0. The summed E-state index contributed by atoms with van der Waals surface area (Å²) >= 11 is 3.48. The highest BCUT2D eigenvalue weighted by Crippen LogP contribution is 2.23. The van der Waals surface area contributed by atoms with E-state index in [9.17, 15) is 0 Å². The quantitative estimate of drug-likeness (QED) is 0.750. The summed E-state index contributed by atoms with van der Waals surface area (Å²) in [6.45, 7) is 5.36. The maximum absolute atomic E-state index is 5.60. The smallest absolute Gasteiger partial charge is 0.150 e. The predicted molar refractivity (Wildman–Crippen MR) is 66.7 cm³/mol. The average Bonchev–Trinajstić information content (AvgIpc) is 2.63. The standard InChI is InChI=1S/C10H18N2OS2/c1-3-13-9(6-11)4-5-14-10-12-8(2)7-15-10/h7,9H,3-6,11H2,1-2H3. The van der Waals surface area contributed by atoms with Crippen molar-refractivity contribution in [2.45, 2.75) is 30.7 Å². The number of thiazole rings is 1. The van der Waals surface area contributed by atoms with E-state index in [0.29, 0.717) is 6.54 Å². The van der Waals surface area contributed by atoms with Crippen LogP contribution in [0.1, 0.15) is 19.0 Å². The molecule has 1 aromatic rings. The Morgan fingerprint density at radius 2 is 2.47 bits per heavy atom. The van der Waals surface area contributed by atoms with Gasteiger partial charge in [-0.25, -0.2) is 4.98 Å². The zero-order chi connectivity index (χ0) is 11.1. The third kappa shape index (κ3) is 4.97. The van der Waals surface area contributed by atoms with E-state index in [0.717, 1.165) is 28.8 Å². The first kappa shape index (κ1) is 13.0. The van der Waals surface area contributed by atoms with Crippen LogP contribution in [0.2, 0.25) is 0 Å². The number of hydrogen-bond donors (Lipinski definition) is 1. The molecular weight excluding hydrogens is 228 g/mol. The molecule has 0 aliphatic rings. The van der Waals surface area contributed by atoms with Gasteiger partial charge in [-0.3, -0.25) is 0 Å². The summed E-state index contributed by atoms with van der Waals surface area (Å²) in [6.07, 6.45) is 1.19. The van der Waals surface area contributed by atoms with Crippen LogP contribution in [0, 0.1) is 6.92 Å². The summed E-state index contributed by atoms with van der Waals surface area (Å²) in [6, 6.07) is 0. The van der Waals surface area contributed by atoms with Gasteiger partial charge >= 0.3 is 0 Å². The lowest BCUT2D eigenvalue weighted by Crippen LogP contribution is -2.24. The minimum atomic E-state index is 0.198. The Kier molecular flexibility index (Phi) is 6.24. The van der Waals surface area contributed by atoms with Crippen molar-refractivity contribution in [3.63, 3.8) is 0 Å². The van der Waals surface area contributed by atoms with Crippen molar-refractivity contribution in [1.82, 2.24) is 4.98 Å². The van der Waals surface area contributed by atoms with Crippen molar-refractivity contribution in [1.29, 1.82) is 0 Å². The first-order valence-electron chi connectivity index (χ1n) is 5.12. The highest BCUT2D eigenvalue weighted by Gasteiger charge is 2.06. The van der Waals surface area contributed by atoms with Gasteiger partial charge in [0.05, 0.1) is 6.10 Å². The highest BCUT2D eigenvalue weighted by atomic mass is 32.2. The molecule has 0 spiro atoms. The number of aromatic nitrogens is 1. The van der Waals surface area contributed by atoms with Gasteiger partial charge in [-0.2, -0.15) is 0 Å². The topological polar surface area (TPSA) is 48.1 Å². The fraction of sp³-hybridized carbons (Fsp3) is 0.700. The monoisotopic (exact) mass is 246 g/mol. The second kappa shape index (κ2) is 7.22. The second-order valence-corrected chi connectivity index (χ2v) is 5.41. The molecule has 2 N–H and O–H groups in total. The first-order chi connectivity index (χ1) is 7.26. The van der Waals surface area contributed by atoms with Gasteiger partial charge < -0.3 is 10.5 Å². The molecule has 0 amide bonds. The Balaban J connectivity index is 2.20. The summed E-state index contributed by atoms with van der Waals surface area (Å²) in [7, 11) is 0. The number of ether oxygens (including phenoxy) is 1. The van der Waals surface area contributed by atoms with Gasteiger partial charge in [-0.1, -0.05) is 11.8 Å². The lowest BCUT2D eigenvalue weighted by molar-refractivity contribution is 0.0674. The minimum absolute atomic E-state index is 0.198. The molecule has 5 heteroatoms. The maximum Gasteiger partial charge on any atom is 0.150 e. The Morgan fingerprint density at radius 3 is 3.00 bits per heavy atom. The molecule has 3 nitrogen and oxygen atoms in total. The molecule has 15 heavy (non-hydrogen) atoms. The lowest BCUT2D eigenvalue weighted by atomic mass is 10.3.